The van der Waals surface area contributed by atoms with Crippen molar-refractivity contribution in [3.63, 3.8) is 0 Å². The lowest BCUT2D eigenvalue weighted by atomic mass is 10.0. The molecule has 1 rings (SSSR count). The van der Waals surface area contributed by atoms with Gasteiger partial charge in [-0.25, -0.2) is 4.39 Å². The van der Waals surface area contributed by atoms with Gasteiger partial charge in [0, 0.05) is 0 Å². The normalized spacial score (nSPS) is 22.3. The van der Waals surface area contributed by atoms with Crippen LogP contribution in [-0.2, 0) is 4.74 Å². The lowest BCUT2D eigenvalue weighted by molar-refractivity contribution is 0.0485. The number of hydrogen-bond donors (Lipinski definition) is 0. The average Bonchev–Trinajstić information content (AvgIpc) is 2.39. The summed E-state index contributed by atoms with van der Waals surface area (Å²) in [7, 11) is 0. The molecule has 0 spiro atoms. The first-order valence-corrected chi connectivity index (χ1v) is 5.28. The third-order valence-corrected chi connectivity index (χ3v) is 2.42. The number of allylic oxidation sites excluding steroid dienone is 2. The Balaban J connectivity index is 2.45. The van der Waals surface area contributed by atoms with Crippen LogP contribution in [0.4, 0.5) is 4.39 Å². The molecule has 80 valence electrons. The molecule has 2 heteroatoms. The summed E-state index contributed by atoms with van der Waals surface area (Å²) in [6, 6.07) is 0. The van der Waals surface area contributed by atoms with Crippen LogP contribution in [0.5, 0.6) is 0 Å². The first-order chi connectivity index (χ1) is 6.74. The molecule has 0 aromatic carbocycles. The third-order valence-electron chi connectivity index (χ3n) is 2.42. The third kappa shape index (κ3) is 3.62. The molecule has 1 atom stereocenters. The van der Waals surface area contributed by atoms with E-state index in [-0.39, 0.29) is 19.4 Å². The number of halogens is 1. The molecule has 0 saturated carbocycles. The standard InChI is InChI=1S/C12H19FO/c1-10(2)11-4-3-5-12(7-6-11)14-9-8-13/h3-4,6,10,12H,5,7-9H2,1-2H3. The van der Waals surface area contributed by atoms with Crippen LogP contribution in [0.15, 0.2) is 23.8 Å². The zero-order chi connectivity index (χ0) is 10.4. The van der Waals surface area contributed by atoms with Crippen LogP contribution in [-0.4, -0.2) is 19.4 Å². The van der Waals surface area contributed by atoms with Gasteiger partial charge < -0.3 is 4.74 Å². The highest BCUT2D eigenvalue weighted by Gasteiger charge is 2.10. The number of hydrogen-bond acceptors (Lipinski definition) is 1. The molecule has 0 aliphatic heterocycles. The van der Waals surface area contributed by atoms with E-state index in [1.807, 2.05) is 0 Å². The van der Waals surface area contributed by atoms with Crippen LogP contribution in [0, 0.1) is 5.92 Å². The van der Waals surface area contributed by atoms with Crippen LogP contribution in [0.1, 0.15) is 26.7 Å². The topological polar surface area (TPSA) is 9.23 Å². The summed E-state index contributed by atoms with van der Waals surface area (Å²) in [6.45, 7) is 4.20. The quantitative estimate of drug-likeness (QED) is 0.673. The Morgan fingerprint density at radius 3 is 2.93 bits per heavy atom. The number of rotatable bonds is 4. The van der Waals surface area contributed by atoms with Gasteiger partial charge in [0.05, 0.1) is 12.7 Å². The van der Waals surface area contributed by atoms with Crippen LogP contribution < -0.4 is 0 Å². The van der Waals surface area contributed by atoms with Crippen molar-refractivity contribution in [3.05, 3.63) is 23.8 Å². The molecule has 0 amide bonds. The van der Waals surface area contributed by atoms with Crippen molar-refractivity contribution in [1.82, 2.24) is 0 Å². The fourth-order valence-corrected chi connectivity index (χ4v) is 1.56. The second kappa shape index (κ2) is 5.97. The minimum absolute atomic E-state index is 0.165. The van der Waals surface area contributed by atoms with Gasteiger partial charge in [-0.2, -0.15) is 0 Å². The Labute approximate surface area is 85.6 Å². The van der Waals surface area contributed by atoms with Crippen molar-refractivity contribution < 1.29 is 9.13 Å². The molecule has 0 aromatic heterocycles. The van der Waals surface area contributed by atoms with Crippen LogP contribution in [0.3, 0.4) is 0 Å². The van der Waals surface area contributed by atoms with Gasteiger partial charge in [0.25, 0.3) is 0 Å². The molecule has 0 radical (unpaired) electrons. The summed E-state index contributed by atoms with van der Waals surface area (Å²) < 4.78 is 17.3. The highest BCUT2D eigenvalue weighted by Crippen LogP contribution is 2.19. The summed E-state index contributed by atoms with van der Waals surface area (Å²) in [4.78, 5) is 0. The monoisotopic (exact) mass is 198 g/mol. The molecule has 1 aliphatic carbocycles. The molecule has 0 fully saturated rings. The van der Waals surface area contributed by atoms with Crippen molar-refractivity contribution in [1.29, 1.82) is 0 Å². The van der Waals surface area contributed by atoms with Gasteiger partial charge >= 0.3 is 0 Å². The lowest BCUT2D eigenvalue weighted by Gasteiger charge is -2.12. The highest BCUT2D eigenvalue weighted by molar-refractivity contribution is 5.22. The van der Waals surface area contributed by atoms with E-state index in [1.165, 1.54) is 5.57 Å². The molecule has 1 aliphatic rings. The van der Waals surface area contributed by atoms with Gasteiger partial charge in [0.15, 0.2) is 0 Å². The summed E-state index contributed by atoms with van der Waals surface area (Å²) in [5, 5.41) is 0. The molecule has 0 aromatic rings. The molecule has 0 bridgehead atoms. The molecule has 0 N–H and O–H groups in total. The van der Waals surface area contributed by atoms with E-state index in [9.17, 15) is 4.39 Å². The van der Waals surface area contributed by atoms with Gasteiger partial charge in [-0.1, -0.05) is 32.1 Å². The smallest absolute Gasteiger partial charge is 0.113 e. The summed E-state index contributed by atoms with van der Waals surface area (Å²) in [6.07, 6.45) is 8.45. The van der Waals surface area contributed by atoms with E-state index in [0.717, 1.165) is 12.8 Å². The maximum atomic E-state index is 11.9. The molecule has 1 nitrogen and oxygen atoms in total. The van der Waals surface area contributed by atoms with Crippen molar-refractivity contribution in [2.45, 2.75) is 32.8 Å². The van der Waals surface area contributed by atoms with Crippen LogP contribution in [0.25, 0.3) is 0 Å². The van der Waals surface area contributed by atoms with Gasteiger partial charge in [-0.05, 0) is 24.3 Å². The van der Waals surface area contributed by atoms with E-state index in [4.69, 9.17) is 4.74 Å². The van der Waals surface area contributed by atoms with Crippen molar-refractivity contribution >= 4 is 0 Å². The minimum atomic E-state index is -0.388. The van der Waals surface area contributed by atoms with E-state index in [0.29, 0.717) is 5.92 Å². The summed E-state index contributed by atoms with van der Waals surface area (Å²) in [5.74, 6) is 0.561. The predicted molar refractivity (Wildman–Crippen MR) is 57.0 cm³/mol. The Bertz CT molecular complexity index is 218. The average molecular weight is 198 g/mol. The van der Waals surface area contributed by atoms with Crippen molar-refractivity contribution in [2.75, 3.05) is 13.3 Å². The molecular weight excluding hydrogens is 179 g/mol. The van der Waals surface area contributed by atoms with E-state index >= 15 is 0 Å². The molecule has 14 heavy (non-hydrogen) atoms. The molecule has 0 saturated heterocycles. The van der Waals surface area contributed by atoms with Gasteiger partial charge in [0.1, 0.15) is 6.67 Å². The summed E-state index contributed by atoms with van der Waals surface area (Å²) >= 11 is 0. The fourth-order valence-electron chi connectivity index (χ4n) is 1.56. The Morgan fingerprint density at radius 1 is 1.50 bits per heavy atom. The minimum Gasteiger partial charge on any atom is -0.375 e. The van der Waals surface area contributed by atoms with Gasteiger partial charge in [0.2, 0.25) is 0 Å². The van der Waals surface area contributed by atoms with Crippen molar-refractivity contribution in [3.8, 4) is 0 Å². The Kier molecular flexibility index (Phi) is 4.88. The molecule has 0 heterocycles. The second-order valence-corrected chi connectivity index (χ2v) is 3.91. The first-order valence-electron chi connectivity index (χ1n) is 5.28. The largest absolute Gasteiger partial charge is 0.375 e. The van der Waals surface area contributed by atoms with Gasteiger partial charge in [-0.15, -0.1) is 0 Å². The fraction of sp³-hybridized carbons (Fsp3) is 0.667. The first kappa shape index (κ1) is 11.4. The zero-order valence-electron chi connectivity index (χ0n) is 9.00. The highest BCUT2D eigenvalue weighted by atomic mass is 19.1. The van der Waals surface area contributed by atoms with E-state index in [1.54, 1.807) is 0 Å². The summed E-state index contributed by atoms with van der Waals surface area (Å²) in [5.41, 5.74) is 1.36. The maximum absolute atomic E-state index is 11.9. The van der Waals surface area contributed by atoms with Gasteiger partial charge in [-0.3, -0.25) is 0 Å². The SMILES string of the molecule is CC(C)C1=CCC(OCCF)CC=C1. The van der Waals surface area contributed by atoms with Crippen molar-refractivity contribution in [2.24, 2.45) is 5.92 Å². The zero-order valence-corrected chi connectivity index (χ0v) is 9.00. The second-order valence-electron chi connectivity index (χ2n) is 3.91. The number of alkyl halides is 1. The maximum Gasteiger partial charge on any atom is 0.113 e. The van der Waals surface area contributed by atoms with E-state index < -0.39 is 0 Å². The van der Waals surface area contributed by atoms with Crippen LogP contribution >= 0.6 is 0 Å². The molecule has 1 unspecified atom stereocenters. The Morgan fingerprint density at radius 2 is 2.29 bits per heavy atom. The Hall–Kier alpha value is -0.630. The predicted octanol–water partition coefficient (Wildman–Crippen LogP) is 3.27. The number of ether oxygens (including phenoxy) is 1. The van der Waals surface area contributed by atoms with Crippen LogP contribution in [0.2, 0.25) is 0 Å². The lowest BCUT2D eigenvalue weighted by Crippen LogP contribution is -2.12. The molecular formula is C12H19FO. The van der Waals surface area contributed by atoms with E-state index in [2.05, 4.69) is 32.1 Å².